The van der Waals surface area contributed by atoms with E-state index in [-0.39, 0.29) is 0 Å². The first-order valence-corrected chi connectivity index (χ1v) is 5.82. The van der Waals surface area contributed by atoms with Gasteiger partial charge >= 0.3 is 0 Å². The van der Waals surface area contributed by atoms with Gasteiger partial charge in [0.05, 0.1) is 17.7 Å². The second-order valence-corrected chi connectivity index (χ2v) is 4.71. The zero-order valence-corrected chi connectivity index (χ0v) is 9.39. The van der Waals surface area contributed by atoms with Crippen molar-refractivity contribution in [2.45, 2.75) is 25.4 Å². The average molecular weight is 227 g/mol. The first kappa shape index (κ1) is 10.4. The van der Waals surface area contributed by atoms with E-state index in [1.807, 2.05) is 24.3 Å². The fourth-order valence-corrected chi connectivity index (χ4v) is 2.51. The summed E-state index contributed by atoms with van der Waals surface area (Å²) in [6.45, 7) is 0. The first-order chi connectivity index (χ1) is 8.27. The number of furan rings is 1. The molecule has 0 spiro atoms. The summed E-state index contributed by atoms with van der Waals surface area (Å²) >= 11 is 0. The van der Waals surface area contributed by atoms with Gasteiger partial charge in [-0.2, -0.15) is 5.26 Å². The predicted octanol–water partition coefficient (Wildman–Crippen LogP) is 3.16. The highest BCUT2D eigenvalue weighted by Crippen LogP contribution is 2.50. The zero-order chi connectivity index (χ0) is 11.9. The summed E-state index contributed by atoms with van der Waals surface area (Å²) in [7, 11) is 0. The molecule has 0 amide bonds. The van der Waals surface area contributed by atoms with E-state index in [2.05, 4.69) is 6.07 Å². The van der Waals surface area contributed by atoms with Gasteiger partial charge in [0.2, 0.25) is 0 Å². The van der Waals surface area contributed by atoms with Crippen molar-refractivity contribution < 1.29 is 9.52 Å². The van der Waals surface area contributed by atoms with E-state index in [1.165, 1.54) is 0 Å². The lowest BCUT2D eigenvalue weighted by Gasteiger charge is -2.38. The van der Waals surface area contributed by atoms with Gasteiger partial charge in [0.1, 0.15) is 11.7 Å². The summed E-state index contributed by atoms with van der Waals surface area (Å²) in [6.07, 6.45) is 3.38. The van der Waals surface area contributed by atoms with Gasteiger partial charge in [0, 0.05) is 10.9 Å². The summed E-state index contributed by atoms with van der Waals surface area (Å²) in [4.78, 5) is 0. The van der Waals surface area contributed by atoms with Gasteiger partial charge < -0.3 is 9.52 Å². The molecule has 0 saturated heterocycles. The third-order valence-corrected chi connectivity index (χ3v) is 3.80. The molecule has 17 heavy (non-hydrogen) atoms. The van der Waals surface area contributed by atoms with Crippen LogP contribution in [-0.4, -0.2) is 5.11 Å². The Hall–Kier alpha value is -1.79. The molecule has 1 aromatic carbocycles. The monoisotopic (exact) mass is 227 g/mol. The number of fused-ring (bicyclic) bond motifs is 1. The number of aliphatic hydroxyl groups is 1. The van der Waals surface area contributed by atoms with Crippen LogP contribution in [0.25, 0.3) is 11.0 Å². The summed E-state index contributed by atoms with van der Waals surface area (Å²) < 4.78 is 5.41. The van der Waals surface area contributed by atoms with E-state index in [4.69, 9.17) is 4.42 Å². The Bertz CT molecular complexity index is 590. The average Bonchev–Trinajstić information content (AvgIpc) is 2.71. The maximum absolute atomic E-state index is 10.4. The molecule has 1 unspecified atom stereocenters. The smallest absolute Gasteiger partial charge is 0.134 e. The van der Waals surface area contributed by atoms with Gasteiger partial charge in [-0.1, -0.05) is 24.6 Å². The Morgan fingerprint density at radius 2 is 2.12 bits per heavy atom. The van der Waals surface area contributed by atoms with Crippen molar-refractivity contribution in [3.05, 3.63) is 36.1 Å². The molecule has 1 aliphatic rings. The van der Waals surface area contributed by atoms with Crippen LogP contribution in [0.15, 0.2) is 34.9 Å². The maximum Gasteiger partial charge on any atom is 0.134 e. The van der Waals surface area contributed by atoms with E-state index in [9.17, 15) is 10.4 Å². The van der Waals surface area contributed by atoms with Gasteiger partial charge in [-0.3, -0.25) is 0 Å². The Kier molecular flexibility index (Phi) is 2.20. The number of nitriles is 1. The Labute approximate surface area is 99.3 Å². The first-order valence-electron chi connectivity index (χ1n) is 5.82. The van der Waals surface area contributed by atoms with Gasteiger partial charge in [-0.25, -0.2) is 0 Å². The van der Waals surface area contributed by atoms with E-state index < -0.39 is 11.5 Å². The third-order valence-electron chi connectivity index (χ3n) is 3.80. The van der Waals surface area contributed by atoms with Crippen molar-refractivity contribution in [3.63, 3.8) is 0 Å². The van der Waals surface area contributed by atoms with Crippen LogP contribution in [0.4, 0.5) is 0 Å². The lowest BCUT2D eigenvalue weighted by atomic mass is 9.64. The summed E-state index contributed by atoms with van der Waals surface area (Å²) in [5, 5.41) is 20.5. The molecule has 3 nitrogen and oxygen atoms in total. The molecule has 1 atom stereocenters. The minimum absolute atomic E-state index is 0.605. The number of aliphatic hydroxyl groups excluding tert-OH is 1. The largest absolute Gasteiger partial charge is 0.464 e. The summed E-state index contributed by atoms with van der Waals surface area (Å²) in [5.41, 5.74) is 0.892. The minimum Gasteiger partial charge on any atom is -0.464 e. The van der Waals surface area contributed by atoms with Gasteiger partial charge in [-0.15, -0.1) is 0 Å². The maximum atomic E-state index is 10.4. The Balaban J connectivity index is 2.07. The number of hydrogen-bond donors (Lipinski definition) is 1. The van der Waals surface area contributed by atoms with Gasteiger partial charge in [0.25, 0.3) is 0 Å². The molecule has 1 saturated carbocycles. The standard InChI is InChI=1S/C14H13NO2/c15-9-14(6-3-7-14)13(16)11-8-17-12-5-2-1-4-10(11)12/h1-2,4-5,8,13,16H,3,6-7H2. The van der Waals surface area contributed by atoms with Crippen molar-refractivity contribution in [3.8, 4) is 6.07 Å². The molecule has 1 heterocycles. The van der Waals surface area contributed by atoms with E-state index in [0.29, 0.717) is 0 Å². The van der Waals surface area contributed by atoms with Crippen molar-refractivity contribution in [2.75, 3.05) is 0 Å². The van der Waals surface area contributed by atoms with E-state index in [0.717, 1.165) is 35.8 Å². The molecule has 1 N–H and O–H groups in total. The second kappa shape index (κ2) is 3.61. The lowest BCUT2D eigenvalue weighted by molar-refractivity contribution is 0.00843. The Morgan fingerprint density at radius 1 is 1.35 bits per heavy atom. The van der Waals surface area contributed by atoms with Crippen molar-refractivity contribution in [1.29, 1.82) is 5.26 Å². The van der Waals surface area contributed by atoms with Crippen LogP contribution >= 0.6 is 0 Å². The molecule has 0 radical (unpaired) electrons. The fourth-order valence-electron chi connectivity index (χ4n) is 2.51. The molecule has 1 aromatic heterocycles. The van der Waals surface area contributed by atoms with Crippen LogP contribution in [0, 0.1) is 16.7 Å². The molecule has 0 aliphatic heterocycles. The highest BCUT2D eigenvalue weighted by molar-refractivity contribution is 5.81. The molecule has 3 heteroatoms. The molecular formula is C14H13NO2. The quantitative estimate of drug-likeness (QED) is 0.857. The van der Waals surface area contributed by atoms with E-state index in [1.54, 1.807) is 6.26 Å². The number of hydrogen-bond acceptors (Lipinski definition) is 3. The summed E-state index contributed by atoms with van der Waals surface area (Å²) in [5.74, 6) is 0. The molecule has 86 valence electrons. The van der Waals surface area contributed by atoms with Crippen LogP contribution in [0.2, 0.25) is 0 Å². The predicted molar refractivity (Wildman–Crippen MR) is 63.1 cm³/mol. The van der Waals surface area contributed by atoms with Gasteiger partial charge in [-0.05, 0) is 18.9 Å². The SMILES string of the molecule is N#CC1(C(O)c2coc3ccccc23)CCC1. The lowest BCUT2D eigenvalue weighted by Crippen LogP contribution is -2.34. The second-order valence-electron chi connectivity index (χ2n) is 4.71. The Morgan fingerprint density at radius 3 is 2.76 bits per heavy atom. The molecular weight excluding hydrogens is 214 g/mol. The molecule has 1 fully saturated rings. The molecule has 0 bridgehead atoms. The van der Waals surface area contributed by atoms with E-state index >= 15 is 0 Å². The third kappa shape index (κ3) is 1.38. The highest BCUT2D eigenvalue weighted by atomic mass is 16.3. The molecule has 3 rings (SSSR count). The minimum atomic E-state index is -0.745. The van der Waals surface area contributed by atoms with Crippen LogP contribution in [0.5, 0.6) is 0 Å². The van der Waals surface area contributed by atoms with Crippen molar-refractivity contribution in [2.24, 2.45) is 5.41 Å². The molecule has 2 aromatic rings. The number of rotatable bonds is 2. The number of para-hydroxylation sites is 1. The van der Waals surface area contributed by atoms with Crippen LogP contribution < -0.4 is 0 Å². The molecule has 1 aliphatic carbocycles. The van der Waals surface area contributed by atoms with Crippen LogP contribution in [0.1, 0.15) is 30.9 Å². The number of benzene rings is 1. The zero-order valence-electron chi connectivity index (χ0n) is 9.39. The number of nitrogens with zero attached hydrogens (tertiary/aromatic N) is 1. The highest BCUT2D eigenvalue weighted by Gasteiger charge is 2.45. The fraction of sp³-hybridized carbons (Fsp3) is 0.357. The van der Waals surface area contributed by atoms with Crippen molar-refractivity contribution in [1.82, 2.24) is 0 Å². The summed E-state index contributed by atoms with van der Waals surface area (Å²) in [6, 6.07) is 9.87. The van der Waals surface area contributed by atoms with Crippen LogP contribution in [0.3, 0.4) is 0 Å². The van der Waals surface area contributed by atoms with Gasteiger partial charge in [0.15, 0.2) is 0 Å². The van der Waals surface area contributed by atoms with Crippen LogP contribution in [-0.2, 0) is 0 Å². The van der Waals surface area contributed by atoms with Crippen molar-refractivity contribution >= 4 is 11.0 Å². The normalized spacial score (nSPS) is 19.5. The topological polar surface area (TPSA) is 57.2 Å².